The van der Waals surface area contributed by atoms with Crippen LogP contribution in [0.4, 0.5) is 11.5 Å². The van der Waals surface area contributed by atoms with E-state index in [9.17, 15) is 14.4 Å². The highest BCUT2D eigenvalue weighted by Gasteiger charge is 2.35. The Bertz CT molecular complexity index is 1140. The van der Waals surface area contributed by atoms with E-state index in [-0.39, 0.29) is 18.9 Å². The predicted molar refractivity (Wildman–Crippen MR) is 114 cm³/mol. The highest BCUT2D eigenvalue weighted by Crippen LogP contribution is 2.37. The number of carbonyl (C=O) groups is 3. The number of carbonyl (C=O) groups excluding carboxylic acids is 3. The number of nitrogens with zero attached hydrogens (tertiary/aromatic N) is 2. The molecule has 1 aliphatic heterocycles. The maximum absolute atomic E-state index is 13.0. The SMILES string of the molecule is COCc1nn2c(c1-c1ccccc1)NC(=O)C[C@H]2C(=O)Nc1ccc(C(N)=O)cc1. The molecule has 2 heterocycles. The van der Waals surface area contributed by atoms with Crippen molar-refractivity contribution in [3.8, 4) is 11.1 Å². The number of primary amides is 1. The second-order valence-corrected chi connectivity index (χ2v) is 7.11. The molecule has 0 unspecified atom stereocenters. The smallest absolute Gasteiger partial charge is 0.249 e. The first-order valence-electron chi connectivity index (χ1n) is 9.64. The van der Waals surface area contributed by atoms with Gasteiger partial charge < -0.3 is 21.1 Å². The lowest BCUT2D eigenvalue weighted by Gasteiger charge is -2.24. The zero-order chi connectivity index (χ0) is 22.0. The largest absolute Gasteiger partial charge is 0.378 e. The molecule has 0 saturated heterocycles. The summed E-state index contributed by atoms with van der Waals surface area (Å²) >= 11 is 0. The Balaban J connectivity index is 1.69. The van der Waals surface area contributed by atoms with Gasteiger partial charge in [0.2, 0.25) is 17.7 Å². The van der Waals surface area contributed by atoms with E-state index >= 15 is 0 Å². The summed E-state index contributed by atoms with van der Waals surface area (Å²) in [5, 5.41) is 10.2. The van der Waals surface area contributed by atoms with Gasteiger partial charge in [-0.2, -0.15) is 5.10 Å². The van der Waals surface area contributed by atoms with Gasteiger partial charge in [-0.05, 0) is 29.8 Å². The number of hydrogen-bond donors (Lipinski definition) is 3. The molecular weight excluding hydrogens is 398 g/mol. The number of anilines is 2. The summed E-state index contributed by atoms with van der Waals surface area (Å²) in [7, 11) is 1.56. The van der Waals surface area contributed by atoms with Crippen molar-refractivity contribution < 1.29 is 19.1 Å². The van der Waals surface area contributed by atoms with Crippen LogP contribution in [0.3, 0.4) is 0 Å². The highest BCUT2D eigenvalue weighted by molar-refractivity contribution is 6.03. The molecule has 9 nitrogen and oxygen atoms in total. The van der Waals surface area contributed by atoms with Gasteiger partial charge in [-0.25, -0.2) is 4.68 Å². The molecule has 0 fully saturated rings. The first-order chi connectivity index (χ1) is 15.0. The Hall–Kier alpha value is -3.98. The lowest BCUT2D eigenvalue weighted by Crippen LogP contribution is -2.35. The number of methoxy groups -OCH3 is 1. The summed E-state index contributed by atoms with van der Waals surface area (Å²) < 4.78 is 6.82. The summed E-state index contributed by atoms with van der Waals surface area (Å²) in [6.07, 6.45) is -0.0550. The standard InChI is InChI=1S/C22H21N5O4/c1-31-12-16-19(13-5-3-2-4-6-13)21-25-18(28)11-17(27(21)26-16)22(30)24-15-9-7-14(8-10-15)20(23)29/h2-10,17H,11-12H2,1H3,(H2,23,29)(H,24,30)(H,25,28)/t17-/m0/s1. The van der Waals surface area contributed by atoms with Crippen molar-refractivity contribution in [1.82, 2.24) is 9.78 Å². The second kappa shape index (κ2) is 8.41. The van der Waals surface area contributed by atoms with Crippen molar-refractivity contribution in [2.45, 2.75) is 19.1 Å². The van der Waals surface area contributed by atoms with E-state index in [0.717, 1.165) is 11.1 Å². The number of hydrogen-bond acceptors (Lipinski definition) is 5. The molecule has 4 N–H and O–H groups in total. The molecule has 9 heteroatoms. The molecule has 3 amide bonds. The fraction of sp³-hybridized carbons (Fsp3) is 0.182. The third-order valence-electron chi connectivity index (χ3n) is 5.00. The Labute approximate surface area is 178 Å². The number of amides is 3. The first-order valence-corrected chi connectivity index (χ1v) is 9.64. The Morgan fingerprint density at radius 1 is 1.19 bits per heavy atom. The van der Waals surface area contributed by atoms with Crippen LogP contribution in [-0.4, -0.2) is 34.6 Å². The van der Waals surface area contributed by atoms with Crippen LogP contribution < -0.4 is 16.4 Å². The molecule has 4 rings (SSSR count). The van der Waals surface area contributed by atoms with Crippen molar-refractivity contribution >= 4 is 29.2 Å². The number of rotatable bonds is 6. The van der Waals surface area contributed by atoms with E-state index in [2.05, 4.69) is 15.7 Å². The van der Waals surface area contributed by atoms with Crippen molar-refractivity contribution in [3.63, 3.8) is 0 Å². The van der Waals surface area contributed by atoms with Gasteiger partial charge in [0.15, 0.2) is 0 Å². The minimum atomic E-state index is -0.840. The van der Waals surface area contributed by atoms with Gasteiger partial charge in [-0.3, -0.25) is 14.4 Å². The molecule has 0 saturated carbocycles. The first kappa shape index (κ1) is 20.3. The maximum Gasteiger partial charge on any atom is 0.249 e. The minimum Gasteiger partial charge on any atom is -0.378 e. The Morgan fingerprint density at radius 2 is 1.90 bits per heavy atom. The van der Waals surface area contributed by atoms with Gasteiger partial charge in [0, 0.05) is 23.9 Å². The van der Waals surface area contributed by atoms with E-state index < -0.39 is 17.9 Å². The van der Waals surface area contributed by atoms with Crippen molar-refractivity contribution in [2.75, 3.05) is 17.7 Å². The van der Waals surface area contributed by atoms with Crippen LogP contribution in [0.15, 0.2) is 54.6 Å². The number of fused-ring (bicyclic) bond motifs is 1. The van der Waals surface area contributed by atoms with Crippen molar-refractivity contribution in [3.05, 3.63) is 65.9 Å². The summed E-state index contributed by atoms with van der Waals surface area (Å²) in [4.78, 5) is 36.7. The number of aromatic nitrogens is 2. The molecule has 1 aliphatic rings. The average molecular weight is 419 g/mol. The van der Waals surface area contributed by atoms with Crippen LogP contribution in [-0.2, 0) is 20.9 Å². The molecule has 1 atom stereocenters. The van der Waals surface area contributed by atoms with E-state index in [0.29, 0.717) is 22.8 Å². The van der Waals surface area contributed by atoms with E-state index in [1.807, 2.05) is 30.3 Å². The summed E-state index contributed by atoms with van der Waals surface area (Å²) in [5.41, 5.74) is 8.26. The molecule has 1 aromatic heterocycles. The van der Waals surface area contributed by atoms with Gasteiger partial charge in [0.05, 0.1) is 18.7 Å². The highest BCUT2D eigenvalue weighted by atomic mass is 16.5. The molecule has 3 aromatic rings. The fourth-order valence-corrected chi connectivity index (χ4v) is 3.56. The molecule has 0 bridgehead atoms. The lowest BCUT2D eigenvalue weighted by atomic mass is 10.0. The summed E-state index contributed by atoms with van der Waals surface area (Å²) in [5.74, 6) is -0.771. The van der Waals surface area contributed by atoms with Gasteiger partial charge in [-0.15, -0.1) is 0 Å². The number of ether oxygens (including phenoxy) is 1. The predicted octanol–water partition coefficient (Wildman–Crippen LogP) is 2.32. The van der Waals surface area contributed by atoms with E-state index in [1.54, 1.807) is 19.2 Å². The number of nitrogens with two attached hydrogens (primary N) is 1. The monoisotopic (exact) mass is 419 g/mol. The normalized spacial score (nSPS) is 15.1. The van der Waals surface area contributed by atoms with Crippen molar-refractivity contribution in [2.24, 2.45) is 5.73 Å². The van der Waals surface area contributed by atoms with Gasteiger partial charge in [-0.1, -0.05) is 30.3 Å². The van der Waals surface area contributed by atoms with Crippen molar-refractivity contribution in [1.29, 1.82) is 0 Å². The Kier molecular flexibility index (Phi) is 5.50. The minimum absolute atomic E-state index is 0.0550. The van der Waals surface area contributed by atoms with E-state index in [1.165, 1.54) is 16.8 Å². The van der Waals surface area contributed by atoms with Crippen LogP contribution in [0.5, 0.6) is 0 Å². The van der Waals surface area contributed by atoms with Crippen LogP contribution in [0, 0.1) is 0 Å². The van der Waals surface area contributed by atoms with Crippen LogP contribution >= 0.6 is 0 Å². The van der Waals surface area contributed by atoms with Crippen LogP contribution in [0.2, 0.25) is 0 Å². The van der Waals surface area contributed by atoms with E-state index in [4.69, 9.17) is 10.5 Å². The molecular formula is C22H21N5O4. The van der Waals surface area contributed by atoms with Crippen LogP contribution in [0.25, 0.3) is 11.1 Å². The summed E-state index contributed by atoms with van der Waals surface area (Å²) in [6, 6.07) is 14.9. The molecule has 0 aliphatic carbocycles. The van der Waals surface area contributed by atoms with Crippen LogP contribution in [0.1, 0.15) is 28.5 Å². The maximum atomic E-state index is 13.0. The third kappa shape index (κ3) is 4.03. The second-order valence-electron chi connectivity index (χ2n) is 7.11. The fourth-order valence-electron chi connectivity index (χ4n) is 3.56. The zero-order valence-electron chi connectivity index (χ0n) is 16.8. The average Bonchev–Trinajstić information content (AvgIpc) is 3.12. The Morgan fingerprint density at radius 3 is 2.55 bits per heavy atom. The molecule has 158 valence electrons. The quantitative estimate of drug-likeness (QED) is 0.565. The molecule has 0 spiro atoms. The third-order valence-corrected chi connectivity index (χ3v) is 5.00. The zero-order valence-corrected chi connectivity index (χ0v) is 16.8. The molecule has 0 radical (unpaired) electrons. The molecule has 31 heavy (non-hydrogen) atoms. The lowest BCUT2D eigenvalue weighted by molar-refractivity contribution is -0.125. The topological polar surface area (TPSA) is 128 Å². The van der Waals surface area contributed by atoms with Gasteiger partial charge >= 0.3 is 0 Å². The number of benzene rings is 2. The van der Waals surface area contributed by atoms with Gasteiger partial charge in [0.1, 0.15) is 11.9 Å². The van der Waals surface area contributed by atoms with Gasteiger partial charge in [0.25, 0.3) is 0 Å². The molecule has 2 aromatic carbocycles. The summed E-state index contributed by atoms with van der Waals surface area (Å²) in [6.45, 7) is 0.225. The number of nitrogens with one attached hydrogen (secondary N) is 2.